The second kappa shape index (κ2) is 10.2. The van der Waals surface area contributed by atoms with Crippen LogP contribution in [0.15, 0.2) is 29.2 Å². The molecule has 3 heterocycles. The van der Waals surface area contributed by atoms with Crippen LogP contribution >= 0.6 is 11.3 Å². The maximum absolute atomic E-state index is 13.1. The lowest BCUT2D eigenvalue weighted by molar-refractivity contribution is 0.0962. The minimum atomic E-state index is -3.60. The van der Waals surface area contributed by atoms with Gasteiger partial charge in [-0.25, -0.2) is 8.42 Å². The maximum atomic E-state index is 13.1. The number of nitrogens with one attached hydrogen (secondary N) is 2. The summed E-state index contributed by atoms with van der Waals surface area (Å²) in [6, 6.07) is 6.01. The summed E-state index contributed by atoms with van der Waals surface area (Å²) in [6.45, 7) is 7.13. The van der Waals surface area contributed by atoms with Gasteiger partial charge in [-0.3, -0.25) is 14.5 Å². The quantitative estimate of drug-likeness (QED) is 0.629. The molecule has 0 radical (unpaired) electrons. The van der Waals surface area contributed by atoms with Crippen molar-refractivity contribution in [3.63, 3.8) is 0 Å². The highest BCUT2D eigenvalue weighted by Gasteiger charge is 2.31. The average Bonchev–Trinajstić information content (AvgIpc) is 3.20. The van der Waals surface area contributed by atoms with E-state index in [1.54, 1.807) is 11.4 Å². The number of thiophene rings is 1. The zero-order chi connectivity index (χ0) is 24.5. The summed E-state index contributed by atoms with van der Waals surface area (Å²) in [4.78, 5) is 29.2. The Morgan fingerprint density at radius 1 is 1.12 bits per heavy atom. The van der Waals surface area contributed by atoms with Crippen LogP contribution in [-0.4, -0.2) is 62.2 Å². The van der Waals surface area contributed by atoms with Crippen molar-refractivity contribution in [1.29, 1.82) is 0 Å². The van der Waals surface area contributed by atoms with Crippen LogP contribution in [0.2, 0.25) is 0 Å². The smallest absolute Gasteiger partial charge is 0.256 e. The number of amides is 2. The van der Waals surface area contributed by atoms with E-state index in [1.807, 2.05) is 6.92 Å². The highest BCUT2D eigenvalue weighted by Crippen LogP contribution is 2.37. The Morgan fingerprint density at radius 2 is 1.85 bits per heavy atom. The molecule has 34 heavy (non-hydrogen) atoms. The van der Waals surface area contributed by atoms with Crippen molar-refractivity contribution >= 4 is 38.2 Å². The van der Waals surface area contributed by atoms with Crippen molar-refractivity contribution in [2.75, 3.05) is 32.0 Å². The number of fused-ring (bicyclic) bond motifs is 1. The zero-order valence-corrected chi connectivity index (χ0v) is 21.5. The van der Waals surface area contributed by atoms with E-state index < -0.39 is 10.0 Å². The summed E-state index contributed by atoms with van der Waals surface area (Å²) in [6.07, 6.45) is 3.51. The van der Waals surface area contributed by atoms with Crippen molar-refractivity contribution in [2.45, 2.75) is 57.0 Å². The van der Waals surface area contributed by atoms with Gasteiger partial charge in [0, 0.05) is 43.2 Å². The molecule has 10 heteroatoms. The zero-order valence-electron chi connectivity index (χ0n) is 19.9. The molecule has 0 saturated carbocycles. The predicted molar refractivity (Wildman–Crippen MR) is 134 cm³/mol. The van der Waals surface area contributed by atoms with Gasteiger partial charge in [0.05, 0.1) is 10.5 Å². The minimum absolute atomic E-state index is 0.0293. The molecule has 1 unspecified atom stereocenters. The second-order valence-electron chi connectivity index (χ2n) is 8.84. The summed E-state index contributed by atoms with van der Waals surface area (Å²) >= 11 is 1.44. The van der Waals surface area contributed by atoms with Crippen LogP contribution in [-0.2, 0) is 23.0 Å². The number of benzene rings is 1. The van der Waals surface area contributed by atoms with E-state index in [1.165, 1.54) is 35.6 Å². The summed E-state index contributed by atoms with van der Waals surface area (Å²) < 4.78 is 27.7. The molecule has 0 spiro atoms. The Bertz CT molecular complexity index is 1170. The lowest BCUT2D eigenvalue weighted by atomic mass is 10.0. The number of nitrogens with zero attached hydrogens (tertiary/aromatic N) is 2. The van der Waals surface area contributed by atoms with Gasteiger partial charge in [-0.15, -0.1) is 11.3 Å². The topological polar surface area (TPSA) is 98.8 Å². The molecule has 8 nitrogen and oxygen atoms in total. The Morgan fingerprint density at radius 3 is 2.50 bits per heavy atom. The van der Waals surface area contributed by atoms with Gasteiger partial charge in [-0.05, 0) is 62.6 Å². The largest absolute Gasteiger partial charge is 0.355 e. The fraction of sp³-hybridized carbons (Fsp3) is 0.500. The molecule has 2 aliphatic heterocycles. The van der Waals surface area contributed by atoms with Gasteiger partial charge in [0.1, 0.15) is 5.00 Å². The SMILES string of the molecule is CCN1CCc2c(sc(NC(=O)c3ccc(S(=O)(=O)N4CCCCC4C)cc3)c2C(=O)NC)C1. The first-order valence-corrected chi connectivity index (χ1v) is 14.0. The Labute approximate surface area is 205 Å². The van der Waals surface area contributed by atoms with Gasteiger partial charge in [0.15, 0.2) is 0 Å². The Hall–Kier alpha value is -2.27. The molecule has 0 bridgehead atoms. The maximum Gasteiger partial charge on any atom is 0.256 e. The number of sulfonamides is 1. The molecular formula is C24H32N4O4S2. The third-order valence-electron chi connectivity index (χ3n) is 6.73. The van der Waals surface area contributed by atoms with Gasteiger partial charge in [-0.2, -0.15) is 4.31 Å². The first kappa shape index (κ1) is 24.8. The summed E-state index contributed by atoms with van der Waals surface area (Å²) in [5.41, 5.74) is 1.88. The van der Waals surface area contributed by atoms with Gasteiger partial charge in [0.2, 0.25) is 10.0 Å². The van der Waals surface area contributed by atoms with Gasteiger partial charge < -0.3 is 10.6 Å². The molecule has 1 saturated heterocycles. The van der Waals surface area contributed by atoms with Crippen LogP contribution < -0.4 is 10.6 Å². The lowest BCUT2D eigenvalue weighted by Crippen LogP contribution is -2.41. The second-order valence-corrected chi connectivity index (χ2v) is 11.8. The molecule has 1 atom stereocenters. The van der Waals surface area contributed by atoms with E-state index in [9.17, 15) is 18.0 Å². The molecule has 2 N–H and O–H groups in total. The van der Waals surface area contributed by atoms with Gasteiger partial charge >= 0.3 is 0 Å². The molecule has 2 amide bonds. The van der Waals surface area contributed by atoms with E-state index >= 15 is 0 Å². The summed E-state index contributed by atoms with van der Waals surface area (Å²) in [5, 5.41) is 6.12. The van der Waals surface area contributed by atoms with E-state index in [-0.39, 0.29) is 22.8 Å². The fourth-order valence-corrected chi connectivity index (χ4v) is 7.68. The number of hydrogen-bond donors (Lipinski definition) is 2. The fourth-order valence-electron chi connectivity index (χ4n) is 4.70. The van der Waals surface area contributed by atoms with Crippen LogP contribution in [0.25, 0.3) is 0 Å². The molecule has 2 aromatic rings. The molecule has 184 valence electrons. The molecule has 1 fully saturated rings. The predicted octanol–water partition coefficient (Wildman–Crippen LogP) is 3.30. The van der Waals surface area contributed by atoms with Crippen molar-refractivity contribution in [3.8, 4) is 0 Å². The van der Waals surface area contributed by atoms with Crippen molar-refractivity contribution in [3.05, 3.63) is 45.8 Å². The van der Waals surface area contributed by atoms with E-state index in [2.05, 4.69) is 22.5 Å². The molecule has 4 rings (SSSR count). The van der Waals surface area contributed by atoms with Crippen LogP contribution in [0.1, 0.15) is 64.3 Å². The van der Waals surface area contributed by atoms with Crippen LogP contribution in [0.4, 0.5) is 5.00 Å². The first-order valence-electron chi connectivity index (χ1n) is 11.8. The number of piperidine rings is 1. The first-order chi connectivity index (χ1) is 16.3. The number of carbonyl (C=O) groups excluding carboxylic acids is 2. The number of anilines is 1. The third-order valence-corrected chi connectivity index (χ3v) is 9.89. The normalized spacial score (nSPS) is 19.4. The van der Waals surface area contributed by atoms with Crippen LogP contribution in [0.5, 0.6) is 0 Å². The van der Waals surface area contributed by atoms with Crippen molar-refractivity contribution < 1.29 is 18.0 Å². The highest BCUT2D eigenvalue weighted by atomic mass is 32.2. The summed E-state index contributed by atoms with van der Waals surface area (Å²) in [7, 11) is -2.01. The van der Waals surface area contributed by atoms with E-state index in [4.69, 9.17) is 0 Å². The Balaban J connectivity index is 1.55. The molecule has 2 aliphatic rings. The Kier molecular flexibility index (Phi) is 7.42. The lowest BCUT2D eigenvalue weighted by Gasteiger charge is -2.32. The van der Waals surface area contributed by atoms with Crippen molar-refractivity contribution in [1.82, 2.24) is 14.5 Å². The molecule has 1 aromatic carbocycles. The summed E-state index contributed by atoms with van der Waals surface area (Å²) in [5.74, 6) is -0.582. The van der Waals surface area contributed by atoms with Crippen LogP contribution in [0.3, 0.4) is 0 Å². The van der Waals surface area contributed by atoms with E-state index in [0.717, 1.165) is 55.8 Å². The number of likely N-dealkylation sites (N-methyl/N-ethyl adjacent to an activating group) is 1. The third kappa shape index (κ3) is 4.77. The number of rotatable bonds is 6. The highest BCUT2D eigenvalue weighted by molar-refractivity contribution is 7.89. The molecule has 0 aliphatic carbocycles. The number of hydrogen-bond acceptors (Lipinski definition) is 6. The standard InChI is InChI=1S/C24H32N4O4S2/c1-4-27-14-12-19-20(15-27)33-24(21(19)23(30)25-3)26-22(29)17-8-10-18(11-9-17)34(31,32)28-13-6-5-7-16(28)2/h8-11,16H,4-7,12-15H2,1-3H3,(H,25,30)(H,26,29). The number of carbonyl (C=O) groups is 2. The molecular weight excluding hydrogens is 472 g/mol. The van der Waals surface area contributed by atoms with E-state index in [0.29, 0.717) is 22.7 Å². The minimum Gasteiger partial charge on any atom is -0.355 e. The molecule has 1 aromatic heterocycles. The average molecular weight is 505 g/mol. The van der Waals surface area contributed by atoms with Crippen molar-refractivity contribution in [2.24, 2.45) is 0 Å². The van der Waals surface area contributed by atoms with Gasteiger partial charge in [0.25, 0.3) is 11.8 Å². The van der Waals surface area contributed by atoms with Gasteiger partial charge in [-0.1, -0.05) is 13.3 Å². The monoisotopic (exact) mass is 504 g/mol. The van der Waals surface area contributed by atoms with Crippen LogP contribution in [0, 0.1) is 0 Å².